The number of ether oxygens (including phenoxy) is 1. The topological polar surface area (TPSA) is 41.6 Å². The standard InChI is InChI=1S/C21H22ClFN2O2/c22-19-4-2-1-3-18(19)20(25-11-13-27-14-12-25)15-24-21(26)10-7-16-5-8-17(23)9-6-16/h1-10,20H,11-15H2,(H,24,26). The summed E-state index contributed by atoms with van der Waals surface area (Å²) in [4.78, 5) is 14.5. The summed E-state index contributed by atoms with van der Waals surface area (Å²) < 4.78 is 18.4. The lowest BCUT2D eigenvalue weighted by Gasteiger charge is -2.35. The molecular weight excluding hydrogens is 367 g/mol. The highest BCUT2D eigenvalue weighted by Gasteiger charge is 2.24. The lowest BCUT2D eigenvalue weighted by molar-refractivity contribution is -0.116. The van der Waals surface area contributed by atoms with Gasteiger partial charge in [-0.15, -0.1) is 0 Å². The number of hydrogen-bond acceptors (Lipinski definition) is 3. The van der Waals surface area contributed by atoms with Crippen molar-refractivity contribution in [2.45, 2.75) is 6.04 Å². The monoisotopic (exact) mass is 388 g/mol. The van der Waals surface area contributed by atoms with Crippen LogP contribution in [0.25, 0.3) is 6.08 Å². The van der Waals surface area contributed by atoms with Gasteiger partial charge in [-0.05, 0) is 35.4 Å². The number of hydrogen-bond donors (Lipinski definition) is 1. The Kier molecular flexibility index (Phi) is 6.98. The third kappa shape index (κ3) is 5.63. The van der Waals surface area contributed by atoms with E-state index < -0.39 is 0 Å². The molecule has 142 valence electrons. The number of nitrogens with one attached hydrogen (secondary N) is 1. The molecule has 6 heteroatoms. The summed E-state index contributed by atoms with van der Waals surface area (Å²) in [6.07, 6.45) is 3.12. The highest BCUT2D eigenvalue weighted by molar-refractivity contribution is 6.31. The van der Waals surface area contributed by atoms with Gasteiger partial charge in [0.05, 0.1) is 19.3 Å². The van der Waals surface area contributed by atoms with Crippen LogP contribution < -0.4 is 5.32 Å². The minimum Gasteiger partial charge on any atom is -0.379 e. The third-order valence-corrected chi connectivity index (χ3v) is 4.86. The third-order valence-electron chi connectivity index (χ3n) is 4.52. The molecule has 0 saturated carbocycles. The van der Waals surface area contributed by atoms with Gasteiger partial charge < -0.3 is 10.1 Å². The maximum Gasteiger partial charge on any atom is 0.244 e. The molecule has 1 atom stereocenters. The fourth-order valence-electron chi connectivity index (χ4n) is 3.07. The second-order valence-electron chi connectivity index (χ2n) is 6.32. The summed E-state index contributed by atoms with van der Waals surface area (Å²) in [5.74, 6) is -0.505. The Balaban J connectivity index is 1.66. The normalized spacial score (nSPS) is 16.4. The molecule has 1 unspecified atom stereocenters. The molecule has 0 spiro atoms. The molecule has 2 aromatic rings. The zero-order valence-corrected chi connectivity index (χ0v) is 15.7. The molecule has 1 saturated heterocycles. The van der Waals surface area contributed by atoms with E-state index in [0.29, 0.717) is 24.8 Å². The molecular formula is C21H22ClFN2O2. The maximum absolute atomic E-state index is 12.9. The van der Waals surface area contributed by atoms with E-state index in [1.54, 1.807) is 18.2 Å². The molecule has 4 nitrogen and oxygen atoms in total. The first-order valence-electron chi connectivity index (χ1n) is 8.91. The highest BCUT2D eigenvalue weighted by Crippen LogP contribution is 2.27. The van der Waals surface area contributed by atoms with Crippen LogP contribution >= 0.6 is 11.6 Å². The summed E-state index contributed by atoms with van der Waals surface area (Å²) in [6, 6.07) is 13.7. The average molecular weight is 389 g/mol. The average Bonchev–Trinajstić information content (AvgIpc) is 2.70. The van der Waals surface area contributed by atoms with E-state index in [2.05, 4.69) is 10.2 Å². The maximum atomic E-state index is 12.9. The van der Waals surface area contributed by atoms with Crippen LogP contribution in [0.2, 0.25) is 5.02 Å². The Bertz CT molecular complexity index is 789. The van der Waals surface area contributed by atoms with Gasteiger partial charge >= 0.3 is 0 Å². The molecule has 2 aromatic carbocycles. The molecule has 3 rings (SSSR count). The second-order valence-corrected chi connectivity index (χ2v) is 6.72. The van der Waals surface area contributed by atoms with Gasteiger partial charge in [0.15, 0.2) is 0 Å². The number of carbonyl (C=O) groups is 1. The fourth-order valence-corrected chi connectivity index (χ4v) is 3.33. The molecule has 0 bridgehead atoms. The minimum atomic E-state index is -0.301. The second kappa shape index (κ2) is 9.65. The Labute approximate surface area is 163 Å². The lowest BCUT2D eigenvalue weighted by atomic mass is 10.0. The van der Waals surface area contributed by atoms with Crippen molar-refractivity contribution in [3.63, 3.8) is 0 Å². The van der Waals surface area contributed by atoms with Crippen LogP contribution in [-0.2, 0) is 9.53 Å². The number of nitrogens with zero attached hydrogens (tertiary/aromatic N) is 1. The molecule has 27 heavy (non-hydrogen) atoms. The first kappa shape index (κ1) is 19.5. The largest absolute Gasteiger partial charge is 0.379 e. The molecule has 1 heterocycles. The Morgan fingerprint density at radius 1 is 1.19 bits per heavy atom. The first-order valence-corrected chi connectivity index (χ1v) is 9.29. The summed E-state index contributed by atoms with van der Waals surface area (Å²) >= 11 is 6.39. The van der Waals surface area contributed by atoms with Crippen LogP contribution in [0, 0.1) is 5.82 Å². The molecule has 1 aliphatic heterocycles. The van der Waals surface area contributed by atoms with Crippen LogP contribution in [-0.4, -0.2) is 43.7 Å². The SMILES string of the molecule is O=C(C=Cc1ccc(F)cc1)NCC(c1ccccc1Cl)N1CCOCC1. The van der Waals surface area contributed by atoms with Gasteiger partial charge in [-0.25, -0.2) is 4.39 Å². The van der Waals surface area contributed by atoms with Crippen LogP contribution in [0.5, 0.6) is 0 Å². The minimum absolute atomic E-state index is 0.0224. The van der Waals surface area contributed by atoms with Gasteiger partial charge in [0.2, 0.25) is 5.91 Å². The van der Waals surface area contributed by atoms with Gasteiger partial charge in [0, 0.05) is 30.7 Å². The summed E-state index contributed by atoms with van der Waals surface area (Å²) in [5, 5.41) is 3.63. The number of rotatable bonds is 6. The molecule has 1 aliphatic rings. The van der Waals surface area contributed by atoms with Crippen molar-refractivity contribution >= 4 is 23.6 Å². The number of carbonyl (C=O) groups excluding carboxylic acids is 1. The number of amides is 1. The summed E-state index contributed by atoms with van der Waals surface area (Å²) in [7, 11) is 0. The van der Waals surface area contributed by atoms with E-state index in [-0.39, 0.29) is 17.8 Å². The molecule has 1 N–H and O–H groups in total. The van der Waals surface area contributed by atoms with Gasteiger partial charge in [0.1, 0.15) is 5.82 Å². The highest BCUT2D eigenvalue weighted by atomic mass is 35.5. The molecule has 1 amide bonds. The van der Waals surface area contributed by atoms with Crippen molar-refractivity contribution in [1.82, 2.24) is 10.2 Å². The smallest absolute Gasteiger partial charge is 0.244 e. The fraction of sp³-hybridized carbons (Fsp3) is 0.286. The van der Waals surface area contributed by atoms with Crippen molar-refractivity contribution in [2.75, 3.05) is 32.8 Å². The lowest BCUT2D eigenvalue weighted by Crippen LogP contribution is -2.43. The number of benzene rings is 2. The van der Waals surface area contributed by atoms with Crippen LogP contribution in [0.15, 0.2) is 54.6 Å². The van der Waals surface area contributed by atoms with Crippen molar-refractivity contribution in [2.24, 2.45) is 0 Å². The van der Waals surface area contributed by atoms with E-state index in [0.717, 1.165) is 24.2 Å². The van der Waals surface area contributed by atoms with Gasteiger partial charge in [-0.2, -0.15) is 0 Å². The van der Waals surface area contributed by atoms with E-state index in [4.69, 9.17) is 16.3 Å². The zero-order valence-electron chi connectivity index (χ0n) is 14.9. The van der Waals surface area contributed by atoms with Crippen molar-refractivity contribution < 1.29 is 13.9 Å². The van der Waals surface area contributed by atoms with Crippen LogP contribution in [0.3, 0.4) is 0 Å². The Morgan fingerprint density at radius 3 is 2.59 bits per heavy atom. The molecule has 1 fully saturated rings. The van der Waals surface area contributed by atoms with Crippen LogP contribution in [0.1, 0.15) is 17.2 Å². The number of morpholine rings is 1. The predicted molar refractivity (Wildman–Crippen MR) is 105 cm³/mol. The molecule has 0 radical (unpaired) electrons. The summed E-state index contributed by atoms with van der Waals surface area (Å²) in [5.41, 5.74) is 1.76. The van der Waals surface area contributed by atoms with E-state index in [9.17, 15) is 9.18 Å². The molecule has 0 aliphatic carbocycles. The van der Waals surface area contributed by atoms with Crippen LogP contribution in [0.4, 0.5) is 4.39 Å². The van der Waals surface area contributed by atoms with E-state index >= 15 is 0 Å². The van der Waals surface area contributed by atoms with Crippen molar-refractivity contribution in [1.29, 1.82) is 0 Å². The number of halogens is 2. The van der Waals surface area contributed by atoms with E-state index in [1.807, 2.05) is 24.3 Å². The van der Waals surface area contributed by atoms with E-state index in [1.165, 1.54) is 18.2 Å². The van der Waals surface area contributed by atoms with Crippen molar-refractivity contribution in [3.05, 3.63) is 76.6 Å². The first-order chi connectivity index (χ1) is 13.1. The molecule has 0 aromatic heterocycles. The van der Waals surface area contributed by atoms with Gasteiger partial charge in [0.25, 0.3) is 0 Å². The quantitative estimate of drug-likeness (QED) is 0.767. The Morgan fingerprint density at radius 2 is 1.89 bits per heavy atom. The predicted octanol–water partition coefficient (Wildman–Crippen LogP) is 3.68. The Hall–Kier alpha value is -2.21. The van der Waals surface area contributed by atoms with Gasteiger partial charge in [-0.3, -0.25) is 9.69 Å². The summed E-state index contributed by atoms with van der Waals surface area (Å²) in [6.45, 7) is 3.35. The van der Waals surface area contributed by atoms with Gasteiger partial charge in [-0.1, -0.05) is 41.9 Å². The zero-order chi connectivity index (χ0) is 19.1. The van der Waals surface area contributed by atoms with Crippen molar-refractivity contribution in [3.8, 4) is 0 Å².